The molecule has 0 unspecified atom stereocenters. The molecule has 0 aromatic heterocycles. The number of carbonyl (C=O) groups excluding carboxylic acids is 2. The molecule has 2 atom stereocenters. The van der Waals surface area contributed by atoms with Crippen LogP contribution in [0.25, 0.3) is 0 Å². The van der Waals surface area contributed by atoms with Crippen LogP contribution in [0.2, 0.25) is 10.0 Å². The van der Waals surface area contributed by atoms with Crippen molar-refractivity contribution in [1.29, 1.82) is 0 Å². The van der Waals surface area contributed by atoms with Gasteiger partial charge in [0.15, 0.2) is 6.61 Å². The Bertz CT molecular complexity index is 988. The maximum atomic E-state index is 13.5. The van der Waals surface area contributed by atoms with Gasteiger partial charge in [-0.25, -0.2) is 0 Å². The quantitative estimate of drug-likeness (QED) is 0.405. The summed E-state index contributed by atoms with van der Waals surface area (Å²) in [6.45, 7) is 12.2. The lowest BCUT2D eigenvalue weighted by Crippen LogP contribution is -2.51. The summed E-state index contributed by atoms with van der Waals surface area (Å²) in [5.41, 5.74) is 1.66. The second kappa shape index (κ2) is 12.5. The van der Waals surface area contributed by atoms with Crippen molar-refractivity contribution in [1.82, 2.24) is 10.2 Å². The summed E-state index contributed by atoms with van der Waals surface area (Å²) in [6, 6.07) is 12.3. The minimum atomic E-state index is -0.641. The van der Waals surface area contributed by atoms with E-state index in [-0.39, 0.29) is 36.4 Å². The van der Waals surface area contributed by atoms with Crippen LogP contribution in [0.5, 0.6) is 5.75 Å². The van der Waals surface area contributed by atoms with Crippen LogP contribution >= 0.6 is 23.2 Å². The lowest BCUT2D eigenvalue weighted by molar-refractivity contribution is -0.143. The third kappa shape index (κ3) is 7.64. The van der Waals surface area contributed by atoms with E-state index in [1.165, 1.54) is 0 Å². The van der Waals surface area contributed by atoms with Gasteiger partial charge in [-0.1, -0.05) is 82.1 Å². The number of nitrogens with zero attached hydrogens (tertiary/aromatic N) is 1. The first-order chi connectivity index (χ1) is 16.0. The predicted molar refractivity (Wildman–Crippen MR) is 140 cm³/mol. The Balaban J connectivity index is 2.31. The van der Waals surface area contributed by atoms with E-state index >= 15 is 0 Å². The SMILES string of the molecule is CC[C@H](C)NC(=O)[C@H](CC)N(Cc1ccc(Cl)c(Cl)c1)C(=O)COc1ccccc1C(C)(C)C. The van der Waals surface area contributed by atoms with E-state index in [0.29, 0.717) is 22.2 Å². The first-order valence-corrected chi connectivity index (χ1v) is 12.5. The minimum Gasteiger partial charge on any atom is -0.483 e. The normalized spacial score (nSPS) is 13.2. The maximum absolute atomic E-state index is 13.5. The van der Waals surface area contributed by atoms with E-state index in [2.05, 4.69) is 26.1 Å². The molecule has 2 aromatic rings. The van der Waals surface area contributed by atoms with Crippen molar-refractivity contribution in [2.75, 3.05) is 6.61 Å². The number of hydrogen-bond donors (Lipinski definition) is 1. The average molecular weight is 508 g/mol. The molecule has 0 fully saturated rings. The first-order valence-electron chi connectivity index (χ1n) is 11.7. The Labute approximate surface area is 213 Å². The zero-order chi connectivity index (χ0) is 25.5. The van der Waals surface area contributed by atoms with Crippen molar-refractivity contribution in [3.8, 4) is 5.75 Å². The molecule has 7 heteroatoms. The van der Waals surface area contributed by atoms with Crippen molar-refractivity contribution < 1.29 is 14.3 Å². The third-order valence-electron chi connectivity index (χ3n) is 5.77. The number of ether oxygens (including phenoxy) is 1. The lowest BCUT2D eigenvalue weighted by atomic mass is 9.86. The van der Waals surface area contributed by atoms with E-state index in [1.807, 2.05) is 51.1 Å². The number of rotatable bonds is 10. The Kier molecular flexibility index (Phi) is 10.3. The number of carbonyl (C=O) groups is 2. The third-order valence-corrected chi connectivity index (χ3v) is 6.51. The van der Waals surface area contributed by atoms with Crippen LogP contribution < -0.4 is 10.1 Å². The van der Waals surface area contributed by atoms with Gasteiger partial charge in [0.1, 0.15) is 11.8 Å². The Hall–Kier alpha value is -2.24. The van der Waals surface area contributed by atoms with Crippen molar-refractivity contribution in [3.05, 3.63) is 63.6 Å². The van der Waals surface area contributed by atoms with Gasteiger partial charge in [-0.3, -0.25) is 9.59 Å². The second-order valence-electron chi connectivity index (χ2n) is 9.55. The number of halogens is 2. The lowest BCUT2D eigenvalue weighted by Gasteiger charge is -2.31. The first kappa shape index (κ1) is 28.0. The van der Waals surface area contributed by atoms with E-state index in [9.17, 15) is 9.59 Å². The van der Waals surface area contributed by atoms with Gasteiger partial charge in [-0.2, -0.15) is 0 Å². The van der Waals surface area contributed by atoms with E-state index in [0.717, 1.165) is 17.5 Å². The predicted octanol–water partition coefficient (Wildman–Crippen LogP) is 6.39. The van der Waals surface area contributed by atoms with Gasteiger partial charge in [-0.05, 0) is 54.5 Å². The molecule has 2 rings (SSSR count). The van der Waals surface area contributed by atoms with E-state index in [4.69, 9.17) is 27.9 Å². The highest BCUT2D eigenvalue weighted by Gasteiger charge is 2.30. The molecule has 0 heterocycles. The molecule has 0 radical (unpaired) electrons. The van der Waals surface area contributed by atoms with Crippen molar-refractivity contribution in [2.45, 2.75) is 78.4 Å². The summed E-state index contributed by atoms with van der Waals surface area (Å²) in [6.07, 6.45) is 1.27. The molecule has 0 spiro atoms. The molecular weight excluding hydrogens is 471 g/mol. The van der Waals surface area contributed by atoms with Gasteiger partial charge in [0, 0.05) is 12.6 Å². The van der Waals surface area contributed by atoms with Gasteiger partial charge in [-0.15, -0.1) is 0 Å². The highest BCUT2D eigenvalue weighted by molar-refractivity contribution is 6.42. The maximum Gasteiger partial charge on any atom is 0.261 e. The summed E-state index contributed by atoms with van der Waals surface area (Å²) in [5.74, 6) is 0.205. The molecule has 0 aliphatic heterocycles. The standard InChI is InChI=1S/C27H36Cl2N2O3/c1-7-18(3)30-26(33)23(8-2)31(16-19-13-14-21(28)22(29)15-19)25(32)17-34-24-12-10-9-11-20(24)27(4,5)6/h9-15,18,23H,7-8,16-17H2,1-6H3,(H,30,33)/t18-,23-/m0/s1. The van der Waals surface area contributed by atoms with Gasteiger partial charge >= 0.3 is 0 Å². The largest absolute Gasteiger partial charge is 0.483 e. The molecular formula is C27H36Cl2N2O3. The summed E-state index contributed by atoms with van der Waals surface area (Å²) in [4.78, 5) is 28.1. The van der Waals surface area contributed by atoms with Crippen LogP contribution in [-0.2, 0) is 21.5 Å². The Morgan fingerprint density at radius 1 is 1.03 bits per heavy atom. The molecule has 1 N–H and O–H groups in total. The summed E-state index contributed by atoms with van der Waals surface area (Å²) in [7, 11) is 0. The van der Waals surface area contributed by atoms with Crippen LogP contribution in [0.4, 0.5) is 0 Å². The van der Waals surface area contributed by atoms with Crippen LogP contribution in [0.15, 0.2) is 42.5 Å². The Morgan fingerprint density at radius 2 is 1.71 bits per heavy atom. The smallest absolute Gasteiger partial charge is 0.261 e. The molecule has 0 bridgehead atoms. The van der Waals surface area contributed by atoms with E-state index in [1.54, 1.807) is 17.0 Å². The zero-order valence-electron chi connectivity index (χ0n) is 21.0. The van der Waals surface area contributed by atoms with Crippen molar-refractivity contribution in [3.63, 3.8) is 0 Å². The number of para-hydroxylation sites is 1. The van der Waals surface area contributed by atoms with Crippen LogP contribution in [0.1, 0.15) is 65.5 Å². The monoisotopic (exact) mass is 506 g/mol. The number of benzene rings is 2. The summed E-state index contributed by atoms with van der Waals surface area (Å²) < 4.78 is 5.99. The molecule has 2 amide bonds. The molecule has 0 saturated heterocycles. The van der Waals surface area contributed by atoms with Crippen molar-refractivity contribution in [2.24, 2.45) is 0 Å². The summed E-state index contributed by atoms with van der Waals surface area (Å²) in [5, 5.41) is 3.84. The van der Waals surface area contributed by atoms with E-state index < -0.39 is 6.04 Å². The molecule has 186 valence electrons. The second-order valence-corrected chi connectivity index (χ2v) is 10.4. The van der Waals surface area contributed by atoms with Gasteiger partial charge in [0.25, 0.3) is 5.91 Å². The zero-order valence-corrected chi connectivity index (χ0v) is 22.5. The van der Waals surface area contributed by atoms with Gasteiger partial charge < -0.3 is 15.0 Å². The highest BCUT2D eigenvalue weighted by Crippen LogP contribution is 2.31. The Morgan fingerprint density at radius 3 is 2.29 bits per heavy atom. The topological polar surface area (TPSA) is 58.6 Å². The fourth-order valence-corrected chi connectivity index (χ4v) is 3.95. The van der Waals surface area contributed by atoms with Crippen molar-refractivity contribution >= 4 is 35.0 Å². The van der Waals surface area contributed by atoms with Crippen LogP contribution in [-0.4, -0.2) is 35.4 Å². The summed E-state index contributed by atoms with van der Waals surface area (Å²) >= 11 is 12.3. The molecule has 0 aliphatic rings. The fourth-order valence-electron chi connectivity index (χ4n) is 3.63. The number of nitrogens with one attached hydrogen (secondary N) is 1. The van der Waals surface area contributed by atoms with Gasteiger partial charge in [0.05, 0.1) is 10.0 Å². The molecule has 34 heavy (non-hydrogen) atoms. The van der Waals surface area contributed by atoms with Crippen LogP contribution in [0, 0.1) is 0 Å². The average Bonchev–Trinajstić information content (AvgIpc) is 2.79. The minimum absolute atomic E-state index is 0.0124. The molecule has 0 saturated carbocycles. The molecule has 0 aliphatic carbocycles. The fraction of sp³-hybridized carbons (Fsp3) is 0.481. The molecule has 5 nitrogen and oxygen atoms in total. The highest BCUT2D eigenvalue weighted by atomic mass is 35.5. The van der Waals surface area contributed by atoms with Crippen LogP contribution in [0.3, 0.4) is 0 Å². The molecule has 2 aromatic carbocycles. The number of amides is 2. The van der Waals surface area contributed by atoms with Gasteiger partial charge in [0.2, 0.25) is 5.91 Å². The number of hydrogen-bond acceptors (Lipinski definition) is 3.